The molecule has 7 nitrogen and oxygen atoms in total. The maximum atomic E-state index is 12.9. The number of aromatic amines is 2. The Balaban J connectivity index is 1.91. The molecule has 0 unspecified atom stereocenters. The van der Waals surface area contributed by atoms with Crippen molar-refractivity contribution in [3.8, 4) is 5.75 Å². The number of ether oxygens (including phenoxy) is 1. The molecular formula is C25H25N3O4. The Morgan fingerprint density at radius 1 is 1.00 bits per heavy atom. The first-order valence-electron chi connectivity index (χ1n) is 10.4. The smallest absolute Gasteiger partial charge is 0.272 e. The van der Waals surface area contributed by atoms with E-state index in [9.17, 15) is 9.59 Å². The second-order valence-electron chi connectivity index (χ2n) is 8.47. The van der Waals surface area contributed by atoms with Crippen molar-refractivity contribution in [2.24, 2.45) is 0 Å². The Morgan fingerprint density at radius 2 is 1.69 bits per heavy atom. The van der Waals surface area contributed by atoms with E-state index in [1.54, 1.807) is 6.08 Å². The number of oxazole rings is 1. The Labute approximate surface area is 184 Å². The fraction of sp³-hybridized carbons (Fsp3) is 0.240. The second-order valence-corrected chi connectivity index (χ2v) is 8.47. The van der Waals surface area contributed by atoms with Gasteiger partial charge in [-0.1, -0.05) is 51.1 Å². The van der Waals surface area contributed by atoms with Gasteiger partial charge in [-0.25, -0.2) is 4.98 Å². The Bertz CT molecular complexity index is 1520. The fourth-order valence-electron chi connectivity index (χ4n) is 3.60. The van der Waals surface area contributed by atoms with Crippen molar-refractivity contribution >= 4 is 22.9 Å². The van der Waals surface area contributed by atoms with Gasteiger partial charge in [0.2, 0.25) is 0 Å². The monoisotopic (exact) mass is 431 g/mol. The minimum absolute atomic E-state index is 0.106. The molecule has 0 amide bonds. The normalized spacial score (nSPS) is 13.1. The van der Waals surface area contributed by atoms with E-state index in [1.807, 2.05) is 64.1 Å². The summed E-state index contributed by atoms with van der Waals surface area (Å²) >= 11 is 0. The predicted molar refractivity (Wildman–Crippen MR) is 124 cm³/mol. The molecule has 0 atom stereocenters. The summed E-state index contributed by atoms with van der Waals surface area (Å²) in [6.45, 7) is 8.32. The number of benzene rings is 2. The molecule has 7 heteroatoms. The number of hydrogen-bond donors (Lipinski definition) is 2. The van der Waals surface area contributed by atoms with Crippen molar-refractivity contribution in [3.05, 3.63) is 91.2 Å². The van der Waals surface area contributed by atoms with E-state index in [1.165, 1.54) is 12.5 Å². The van der Waals surface area contributed by atoms with E-state index in [2.05, 4.69) is 15.0 Å². The molecule has 2 N–H and O–H groups in total. The zero-order chi connectivity index (χ0) is 22.9. The molecule has 0 fully saturated rings. The van der Waals surface area contributed by atoms with E-state index in [0.717, 1.165) is 16.3 Å². The molecule has 0 saturated carbocycles. The first kappa shape index (κ1) is 21.4. The third kappa shape index (κ3) is 4.14. The topological polar surface area (TPSA) is 101 Å². The minimum atomic E-state index is -0.433. The molecule has 0 spiro atoms. The first-order chi connectivity index (χ1) is 15.3. The molecule has 0 aliphatic carbocycles. The van der Waals surface area contributed by atoms with E-state index in [-0.39, 0.29) is 16.1 Å². The van der Waals surface area contributed by atoms with Crippen LogP contribution in [0.2, 0.25) is 0 Å². The lowest BCUT2D eigenvalue weighted by molar-refractivity contribution is 0.340. The van der Waals surface area contributed by atoms with Gasteiger partial charge in [-0.15, -0.1) is 0 Å². The average molecular weight is 431 g/mol. The number of nitrogens with zero attached hydrogens (tertiary/aromatic N) is 1. The summed E-state index contributed by atoms with van der Waals surface area (Å²) in [6.07, 6.45) is 4.50. The van der Waals surface area contributed by atoms with Gasteiger partial charge in [-0.3, -0.25) is 9.59 Å². The lowest BCUT2D eigenvalue weighted by Crippen LogP contribution is -2.46. The van der Waals surface area contributed by atoms with Crippen molar-refractivity contribution < 1.29 is 9.15 Å². The van der Waals surface area contributed by atoms with Crippen LogP contribution in [0.4, 0.5) is 0 Å². The summed E-state index contributed by atoms with van der Waals surface area (Å²) < 4.78 is 11.3. The largest absolute Gasteiger partial charge is 0.493 e. The number of hydrogen-bond acceptors (Lipinski definition) is 5. The molecule has 0 bridgehead atoms. The van der Waals surface area contributed by atoms with Crippen LogP contribution in [0, 0.1) is 0 Å². The highest BCUT2D eigenvalue weighted by Gasteiger charge is 2.22. The maximum absolute atomic E-state index is 12.9. The van der Waals surface area contributed by atoms with Crippen LogP contribution < -0.4 is 26.6 Å². The summed E-state index contributed by atoms with van der Waals surface area (Å²) in [4.78, 5) is 35.2. The van der Waals surface area contributed by atoms with E-state index in [4.69, 9.17) is 9.15 Å². The standard InChI is InChI=1S/C25H25N3O4/c1-5-31-21-11-10-15-8-6-7-9-16(15)17(21)12-19-23(29)28-20(24(30)27-19)13-18-22(25(2,3)4)32-14-26-18/h6-14H,5H2,1-4H3,(H,27,30)(H,28,29). The van der Waals surface area contributed by atoms with E-state index >= 15 is 0 Å². The highest BCUT2D eigenvalue weighted by Crippen LogP contribution is 2.28. The van der Waals surface area contributed by atoms with Crippen LogP contribution in [0.15, 0.2) is 56.8 Å². The van der Waals surface area contributed by atoms with Gasteiger partial charge in [0.25, 0.3) is 11.1 Å². The molecule has 2 aromatic heterocycles. The van der Waals surface area contributed by atoms with Crippen LogP contribution in [0.25, 0.3) is 22.9 Å². The van der Waals surface area contributed by atoms with Gasteiger partial charge in [-0.2, -0.15) is 0 Å². The summed E-state index contributed by atoms with van der Waals surface area (Å²) in [5, 5.41) is 2.17. The van der Waals surface area contributed by atoms with Gasteiger partial charge in [-0.05, 0) is 35.9 Å². The Morgan fingerprint density at radius 3 is 2.38 bits per heavy atom. The van der Waals surface area contributed by atoms with Crippen molar-refractivity contribution in [1.82, 2.24) is 15.0 Å². The van der Waals surface area contributed by atoms with Crippen molar-refractivity contribution in [3.63, 3.8) is 0 Å². The van der Waals surface area contributed by atoms with Crippen molar-refractivity contribution in [2.45, 2.75) is 33.1 Å². The fourth-order valence-corrected chi connectivity index (χ4v) is 3.60. The third-order valence-corrected chi connectivity index (χ3v) is 5.06. The summed E-state index contributed by atoms with van der Waals surface area (Å²) in [7, 11) is 0. The average Bonchev–Trinajstić information content (AvgIpc) is 3.22. The molecule has 0 aliphatic rings. The summed E-state index contributed by atoms with van der Waals surface area (Å²) in [6, 6.07) is 11.6. The minimum Gasteiger partial charge on any atom is -0.493 e. The molecule has 0 radical (unpaired) electrons. The molecule has 4 rings (SSSR count). The third-order valence-electron chi connectivity index (χ3n) is 5.06. The highest BCUT2D eigenvalue weighted by atomic mass is 16.5. The van der Waals surface area contributed by atoms with E-state index < -0.39 is 11.1 Å². The van der Waals surface area contributed by atoms with Gasteiger partial charge in [0.1, 0.15) is 27.9 Å². The van der Waals surface area contributed by atoms with Crippen LogP contribution in [-0.2, 0) is 5.41 Å². The molecule has 0 saturated heterocycles. The maximum Gasteiger partial charge on any atom is 0.272 e. The van der Waals surface area contributed by atoms with E-state index in [0.29, 0.717) is 23.8 Å². The number of nitrogens with one attached hydrogen (secondary N) is 2. The van der Waals surface area contributed by atoms with Gasteiger partial charge < -0.3 is 19.1 Å². The van der Waals surface area contributed by atoms with Crippen LogP contribution in [0.5, 0.6) is 5.75 Å². The zero-order valence-corrected chi connectivity index (χ0v) is 18.5. The highest BCUT2D eigenvalue weighted by molar-refractivity contribution is 5.92. The first-order valence-corrected chi connectivity index (χ1v) is 10.4. The number of fused-ring (bicyclic) bond motifs is 1. The molecule has 32 heavy (non-hydrogen) atoms. The summed E-state index contributed by atoms with van der Waals surface area (Å²) in [5.41, 5.74) is 0.0778. The van der Waals surface area contributed by atoms with Crippen LogP contribution >= 0.6 is 0 Å². The number of rotatable bonds is 4. The van der Waals surface area contributed by atoms with Gasteiger partial charge in [0, 0.05) is 11.0 Å². The molecule has 2 heterocycles. The van der Waals surface area contributed by atoms with Crippen molar-refractivity contribution in [2.75, 3.05) is 6.61 Å². The molecule has 2 aromatic carbocycles. The lowest BCUT2D eigenvalue weighted by atomic mass is 9.92. The van der Waals surface area contributed by atoms with Gasteiger partial charge in [0.05, 0.1) is 6.61 Å². The van der Waals surface area contributed by atoms with Crippen LogP contribution in [0.3, 0.4) is 0 Å². The molecule has 0 aliphatic heterocycles. The van der Waals surface area contributed by atoms with Crippen LogP contribution in [0.1, 0.15) is 44.7 Å². The zero-order valence-electron chi connectivity index (χ0n) is 18.5. The molecule has 164 valence electrons. The Hall–Kier alpha value is -3.87. The number of aromatic nitrogens is 3. The SMILES string of the molecule is CCOc1ccc2ccccc2c1C=c1[nH]c(=O)c(=Cc2ncoc2C(C)(C)C)[nH]c1=O. The quantitative estimate of drug-likeness (QED) is 0.517. The predicted octanol–water partition coefficient (Wildman–Crippen LogP) is 2.56. The Kier molecular flexibility index (Phi) is 5.57. The summed E-state index contributed by atoms with van der Waals surface area (Å²) in [5.74, 6) is 1.27. The number of H-pyrrole nitrogens is 2. The molecule has 4 aromatic rings. The second kappa shape index (κ2) is 8.34. The molecular weight excluding hydrogens is 406 g/mol. The van der Waals surface area contributed by atoms with Gasteiger partial charge in [0.15, 0.2) is 6.39 Å². The van der Waals surface area contributed by atoms with Crippen LogP contribution in [-0.4, -0.2) is 21.6 Å². The lowest BCUT2D eigenvalue weighted by Gasteiger charge is -2.14. The van der Waals surface area contributed by atoms with Crippen molar-refractivity contribution in [1.29, 1.82) is 0 Å². The van der Waals surface area contributed by atoms with Gasteiger partial charge >= 0.3 is 0 Å².